The van der Waals surface area contributed by atoms with Crippen LogP contribution in [0.3, 0.4) is 0 Å². The Labute approximate surface area is 147 Å². The SMILES string of the molecule is CSCC[C@H](N)C(=O)NCc1cc(Br)ccc1OC(F)F.Cl. The Bertz CT molecular complexity index is 483. The van der Waals surface area contributed by atoms with Crippen LogP contribution in [0.2, 0.25) is 0 Å². The first-order valence-electron chi connectivity index (χ1n) is 6.19. The number of alkyl halides is 2. The zero-order chi connectivity index (χ0) is 15.8. The average molecular weight is 420 g/mol. The summed E-state index contributed by atoms with van der Waals surface area (Å²) in [4.78, 5) is 11.8. The number of nitrogens with two attached hydrogens (primary N) is 1. The Balaban J connectivity index is 0.00000441. The van der Waals surface area contributed by atoms with E-state index in [-0.39, 0.29) is 30.6 Å². The number of carbonyl (C=O) groups excluding carboxylic acids is 1. The minimum absolute atomic E-state index is 0. The number of halogens is 4. The zero-order valence-electron chi connectivity index (χ0n) is 11.9. The van der Waals surface area contributed by atoms with E-state index in [1.54, 1.807) is 23.9 Å². The third kappa shape index (κ3) is 7.62. The molecule has 1 aromatic rings. The van der Waals surface area contributed by atoms with Crippen molar-refractivity contribution < 1.29 is 18.3 Å². The fraction of sp³-hybridized carbons (Fsp3) is 0.462. The predicted molar refractivity (Wildman–Crippen MR) is 90.8 cm³/mol. The summed E-state index contributed by atoms with van der Waals surface area (Å²) >= 11 is 4.85. The monoisotopic (exact) mass is 418 g/mol. The van der Waals surface area contributed by atoms with E-state index in [1.807, 2.05) is 6.26 Å². The van der Waals surface area contributed by atoms with Crippen LogP contribution in [0.15, 0.2) is 22.7 Å². The summed E-state index contributed by atoms with van der Waals surface area (Å²) in [6, 6.07) is 4.02. The summed E-state index contributed by atoms with van der Waals surface area (Å²) in [5, 5.41) is 2.63. The summed E-state index contributed by atoms with van der Waals surface area (Å²) in [5.41, 5.74) is 6.18. The quantitative estimate of drug-likeness (QED) is 0.679. The second kappa shape index (κ2) is 11.0. The number of nitrogens with one attached hydrogen (secondary N) is 1. The molecule has 1 amide bonds. The second-order valence-corrected chi connectivity index (χ2v) is 6.14. The van der Waals surface area contributed by atoms with Gasteiger partial charge in [0.15, 0.2) is 0 Å². The van der Waals surface area contributed by atoms with Gasteiger partial charge < -0.3 is 15.8 Å². The lowest BCUT2D eigenvalue weighted by Crippen LogP contribution is -2.40. The summed E-state index contributed by atoms with van der Waals surface area (Å²) < 4.78 is 29.8. The third-order valence-electron chi connectivity index (χ3n) is 2.66. The van der Waals surface area contributed by atoms with Gasteiger partial charge in [0, 0.05) is 16.6 Å². The summed E-state index contributed by atoms with van der Waals surface area (Å²) in [7, 11) is 0. The maximum atomic E-state index is 12.3. The lowest BCUT2D eigenvalue weighted by atomic mass is 10.2. The first-order valence-corrected chi connectivity index (χ1v) is 8.38. The highest BCUT2D eigenvalue weighted by atomic mass is 79.9. The largest absolute Gasteiger partial charge is 0.434 e. The van der Waals surface area contributed by atoms with Gasteiger partial charge in [0.25, 0.3) is 0 Å². The van der Waals surface area contributed by atoms with Crippen LogP contribution in [-0.2, 0) is 11.3 Å². The molecule has 0 fully saturated rings. The molecule has 3 N–H and O–H groups in total. The molecule has 0 saturated heterocycles. The maximum Gasteiger partial charge on any atom is 0.387 e. The molecule has 1 aromatic carbocycles. The molecule has 0 heterocycles. The van der Waals surface area contributed by atoms with Crippen LogP contribution in [-0.4, -0.2) is 30.6 Å². The van der Waals surface area contributed by atoms with E-state index < -0.39 is 12.7 Å². The van der Waals surface area contributed by atoms with Crippen LogP contribution in [0.25, 0.3) is 0 Å². The van der Waals surface area contributed by atoms with Gasteiger partial charge in [-0.2, -0.15) is 20.5 Å². The highest BCUT2D eigenvalue weighted by molar-refractivity contribution is 9.10. The smallest absolute Gasteiger partial charge is 0.387 e. The molecule has 4 nitrogen and oxygen atoms in total. The van der Waals surface area contributed by atoms with Gasteiger partial charge in [-0.3, -0.25) is 4.79 Å². The van der Waals surface area contributed by atoms with Gasteiger partial charge in [0.1, 0.15) is 5.75 Å². The molecular formula is C13H18BrClF2N2O2S. The second-order valence-electron chi connectivity index (χ2n) is 4.24. The maximum absolute atomic E-state index is 12.3. The molecule has 0 spiro atoms. The van der Waals surface area contributed by atoms with E-state index in [1.165, 1.54) is 6.07 Å². The first-order chi connectivity index (χ1) is 9.93. The minimum Gasteiger partial charge on any atom is -0.434 e. The zero-order valence-corrected chi connectivity index (χ0v) is 15.1. The molecule has 0 radical (unpaired) electrons. The molecule has 1 rings (SSSR count). The Morgan fingerprint density at radius 1 is 1.50 bits per heavy atom. The topological polar surface area (TPSA) is 64.4 Å². The average Bonchev–Trinajstić information content (AvgIpc) is 2.44. The van der Waals surface area contributed by atoms with E-state index in [4.69, 9.17) is 5.73 Å². The Morgan fingerprint density at radius 2 is 2.18 bits per heavy atom. The number of hydrogen-bond donors (Lipinski definition) is 2. The molecule has 126 valence electrons. The van der Waals surface area contributed by atoms with Crippen molar-refractivity contribution in [2.45, 2.75) is 25.6 Å². The van der Waals surface area contributed by atoms with Crippen LogP contribution < -0.4 is 15.8 Å². The fourth-order valence-electron chi connectivity index (χ4n) is 1.59. The lowest BCUT2D eigenvalue weighted by Gasteiger charge is -2.14. The first kappa shape index (κ1) is 21.4. The van der Waals surface area contributed by atoms with Crippen molar-refractivity contribution in [3.8, 4) is 5.75 Å². The van der Waals surface area contributed by atoms with Gasteiger partial charge in [0.05, 0.1) is 6.04 Å². The Kier molecular flexibility index (Phi) is 10.8. The molecule has 9 heteroatoms. The van der Waals surface area contributed by atoms with Gasteiger partial charge >= 0.3 is 6.61 Å². The highest BCUT2D eigenvalue weighted by Crippen LogP contribution is 2.24. The summed E-state index contributed by atoms with van der Waals surface area (Å²) in [6.07, 6.45) is 2.49. The van der Waals surface area contributed by atoms with Crippen LogP contribution >= 0.6 is 40.1 Å². The summed E-state index contributed by atoms with van der Waals surface area (Å²) in [5.74, 6) is 0.504. The molecular weight excluding hydrogens is 402 g/mol. The van der Waals surface area contributed by atoms with E-state index in [0.29, 0.717) is 16.5 Å². The molecule has 1 atom stereocenters. The molecule has 22 heavy (non-hydrogen) atoms. The summed E-state index contributed by atoms with van der Waals surface area (Å²) in [6.45, 7) is -2.84. The standard InChI is InChI=1S/C13H17BrF2N2O2S.ClH/c1-21-5-4-10(17)12(19)18-7-8-6-9(14)2-3-11(8)20-13(15)16;/h2-3,6,10,13H,4-5,7,17H2,1H3,(H,18,19);1H/t10-;/m0./s1. The van der Waals surface area contributed by atoms with Crippen LogP contribution in [0.4, 0.5) is 8.78 Å². The minimum atomic E-state index is -2.91. The van der Waals surface area contributed by atoms with Gasteiger partial charge in [-0.25, -0.2) is 0 Å². The Morgan fingerprint density at radius 3 is 2.77 bits per heavy atom. The van der Waals surface area contributed by atoms with Crippen molar-refractivity contribution in [2.75, 3.05) is 12.0 Å². The fourth-order valence-corrected chi connectivity index (χ4v) is 2.48. The number of hydrogen-bond acceptors (Lipinski definition) is 4. The molecule has 0 unspecified atom stereocenters. The van der Waals surface area contributed by atoms with E-state index >= 15 is 0 Å². The van der Waals surface area contributed by atoms with Crippen LogP contribution in [0.5, 0.6) is 5.75 Å². The van der Waals surface area contributed by atoms with Gasteiger partial charge in [-0.05, 0) is 36.6 Å². The van der Waals surface area contributed by atoms with Crippen molar-refractivity contribution in [1.82, 2.24) is 5.32 Å². The van der Waals surface area contributed by atoms with Crippen molar-refractivity contribution in [2.24, 2.45) is 5.73 Å². The van der Waals surface area contributed by atoms with Gasteiger partial charge in [0.2, 0.25) is 5.91 Å². The normalized spacial score (nSPS) is 11.7. The van der Waals surface area contributed by atoms with Gasteiger partial charge in [-0.1, -0.05) is 15.9 Å². The van der Waals surface area contributed by atoms with Gasteiger partial charge in [-0.15, -0.1) is 12.4 Å². The number of benzene rings is 1. The van der Waals surface area contributed by atoms with Crippen LogP contribution in [0, 0.1) is 0 Å². The molecule has 0 bridgehead atoms. The van der Waals surface area contributed by atoms with Crippen molar-refractivity contribution >= 4 is 46.0 Å². The van der Waals surface area contributed by atoms with Crippen molar-refractivity contribution in [3.05, 3.63) is 28.2 Å². The Hall–Kier alpha value is -0.570. The predicted octanol–water partition coefficient (Wildman–Crippen LogP) is 3.17. The van der Waals surface area contributed by atoms with E-state index in [0.717, 1.165) is 5.75 Å². The number of rotatable bonds is 8. The third-order valence-corrected chi connectivity index (χ3v) is 3.80. The molecule has 0 aliphatic heterocycles. The number of thioether (sulfide) groups is 1. The molecule has 0 saturated carbocycles. The van der Waals surface area contributed by atoms with E-state index in [9.17, 15) is 13.6 Å². The number of amides is 1. The lowest BCUT2D eigenvalue weighted by molar-refractivity contribution is -0.122. The van der Waals surface area contributed by atoms with Crippen molar-refractivity contribution in [3.63, 3.8) is 0 Å². The van der Waals surface area contributed by atoms with E-state index in [2.05, 4.69) is 26.0 Å². The van der Waals surface area contributed by atoms with Crippen LogP contribution in [0.1, 0.15) is 12.0 Å². The highest BCUT2D eigenvalue weighted by Gasteiger charge is 2.15. The number of ether oxygens (including phenoxy) is 1. The molecule has 0 aliphatic rings. The number of carbonyl (C=O) groups is 1. The van der Waals surface area contributed by atoms with Crippen molar-refractivity contribution in [1.29, 1.82) is 0 Å². The molecule has 0 aliphatic carbocycles. The molecule has 0 aromatic heterocycles.